The van der Waals surface area contributed by atoms with E-state index < -0.39 is 11.9 Å². The Morgan fingerprint density at radius 3 is 1.75 bits per heavy atom. The van der Waals surface area contributed by atoms with E-state index in [0.29, 0.717) is 5.57 Å². The Balaban J connectivity index is 0. The van der Waals surface area contributed by atoms with Gasteiger partial charge < -0.3 is 10.2 Å². The van der Waals surface area contributed by atoms with Crippen molar-refractivity contribution in [1.82, 2.24) is 0 Å². The van der Waals surface area contributed by atoms with Crippen molar-refractivity contribution in [3.05, 3.63) is 23.2 Å². The summed E-state index contributed by atoms with van der Waals surface area (Å²) in [5.41, 5.74) is 0.306. The number of hydrogen-bond donors (Lipinski definition) is 2. The predicted octanol–water partition coefficient (Wildman–Crippen LogP) is 1.63. The van der Waals surface area contributed by atoms with Crippen LogP contribution in [-0.4, -0.2) is 22.2 Å². The summed E-state index contributed by atoms with van der Waals surface area (Å²) in [7, 11) is 0. The molecule has 0 radical (unpaired) electrons. The molecule has 5 heteroatoms. The molecular formula is C7H9BrO4. The van der Waals surface area contributed by atoms with E-state index in [0.717, 1.165) is 6.08 Å². The topological polar surface area (TPSA) is 74.6 Å². The van der Waals surface area contributed by atoms with Crippen LogP contribution in [0.3, 0.4) is 0 Å². The van der Waals surface area contributed by atoms with Gasteiger partial charge in [0.05, 0.1) is 0 Å². The number of carbonyl (C=O) groups is 2. The van der Waals surface area contributed by atoms with Crippen LogP contribution in [0.5, 0.6) is 0 Å². The van der Waals surface area contributed by atoms with Crippen molar-refractivity contribution in [3.63, 3.8) is 0 Å². The third kappa shape index (κ3) is 11.7. The second kappa shape index (κ2) is 8.00. The van der Waals surface area contributed by atoms with Gasteiger partial charge in [0, 0.05) is 11.6 Å². The first-order chi connectivity index (χ1) is 5.45. The maximum absolute atomic E-state index is 9.83. The molecule has 0 unspecified atom stereocenters. The number of carboxylic acid groups (broad SMARTS) is 2. The van der Waals surface area contributed by atoms with E-state index in [1.165, 1.54) is 11.9 Å². The molecule has 4 nitrogen and oxygen atoms in total. The van der Waals surface area contributed by atoms with Gasteiger partial charge in [-0.2, -0.15) is 0 Å². The molecule has 0 aliphatic rings. The van der Waals surface area contributed by atoms with Gasteiger partial charge in [0.25, 0.3) is 0 Å². The van der Waals surface area contributed by atoms with E-state index in [9.17, 15) is 9.59 Å². The zero-order valence-electron chi connectivity index (χ0n) is 6.45. The molecule has 0 amide bonds. The molecule has 0 atom stereocenters. The lowest BCUT2D eigenvalue weighted by atomic mass is 10.4. The van der Waals surface area contributed by atoms with E-state index in [4.69, 9.17) is 10.2 Å². The monoisotopic (exact) mass is 236 g/mol. The van der Waals surface area contributed by atoms with Gasteiger partial charge >= 0.3 is 11.9 Å². The van der Waals surface area contributed by atoms with Gasteiger partial charge in [-0.25, -0.2) is 9.59 Å². The molecule has 0 bridgehead atoms. The number of aliphatic carboxylic acids is 2. The highest BCUT2D eigenvalue weighted by Gasteiger charge is 1.94. The molecule has 2 N–H and O–H groups in total. The largest absolute Gasteiger partial charge is 0.478 e. The average molecular weight is 237 g/mol. The summed E-state index contributed by atoms with van der Waals surface area (Å²) in [6, 6.07) is 0. The molecule has 0 aromatic heterocycles. The minimum Gasteiger partial charge on any atom is -0.478 e. The number of rotatable bonds is 2. The van der Waals surface area contributed by atoms with E-state index in [-0.39, 0.29) is 0 Å². The molecule has 0 rings (SSSR count). The fourth-order valence-electron chi connectivity index (χ4n) is 0.0467. The highest BCUT2D eigenvalue weighted by atomic mass is 79.9. The van der Waals surface area contributed by atoms with Gasteiger partial charge in [0.2, 0.25) is 0 Å². The van der Waals surface area contributed by atoms with Crippen LogP contribution < -0.4 is 0 Å². The Morgan fingerprint density at radius 2 is 1.75 bits per heavy atom. The van der Waals surface area contributed by atoms with Crippen LogP contribution in [0.1, 0.15) is 6.92 Å². The predicted molar refractivity (Wildman–Crippen MR) is 48.2 cm³/mol. The van der Waals surface area contributed by atoms with Crippen molar-refractivity contribution in [1.29, 1.82) is 0 Å². The first-order valence-electron chi connectivity index (χ1n) is 2.81. The fraction of sp³-hybridized carbons (Fsp3) is 0.143. The summed E-state index contributed by atoms with van der Waals surface area (Å²) < 4.78 is 0. The number of carboxylic acids is 2. The van der Waals surface area contributed by atoms with E-state index in [1.807, 2.05) is 0 Å². The molecule has 12 heavy (non-hydrogen) atoms. The van der Waals surface area contributed by atoms with Crippen molar-refractivity contribution in [2.45, 2.75) is 6.92 Å². The first kappa shape index (κ1) is 13.5. The zero-order valence-corrected chi connectivity index (χ0v) is 8.04. The molecule has 0 aliphatic carbocycles. The van der Waals surface area contributed by atoms with Gasteiger partial charge in [-0.3, -0.25) is 0 Å². The van der Waals surface area contributed by atoms with E-state index >= 15 is 0 Å². The second-order valence-corrected chi connectivity index (χ2v) is 2.10. The summed E-state index contributed by atoms with van der Waals surface area (Å²) in [4.78, 5) is 20.5. The molecule has 0 heterocycles. The molecule has 0 fully saturated rings. The van der Waals surface area contributed by atoms with Crippen LogP contribution >= 0.6 is 15.9 Å². The van der Waals surface area contributed by atoms with Crippen LogP contribution in [0, 0.1) is 0 Å². The quantitative estimate of drug-likeness (QED) is 0.715. The smallest absolute Gasteiger partial charge is 0.331 e. The minimum absolute atomic E-state index is 0.306. The normalized spacial score (nSPS) is 9.33. The maximum Gasteiger partial charge on any atom is 0.331 e. The van der Waals surface area contributed by atoms with Crippen molar-refractivity contribution in [2.24, 2.45) is 0 Å². The molecule has 0 aliphatic heterocycles. The van der Waals surface area contributed by atoms with Crippen LogP contribution in [0.15, 0.2) is 23.2 Å². The Labute approximate surface area is 78.3 Å². The lowest BCUT2D eigenvalue weighted by Gasteiger charge is -1.83. The Kier molecular flexibility index (Phi) is 8.99. The molecular weight excluding hydrogens is 228 g/mol. The van der Waals surface area contributed by atoms with Gasteiger partial charge in [-0.1, -0.05) is 22.5 Å². The zero-order chi connectivity index (χ0) is 10.1. The van der Waals surface area contributed by atoms with Gasteiger partial charge in [0.1, 0.15) is 0 Å². The second-order valence-electron chi connectivity index (χ2n) is 1.64. The van der Waals surface area contributed by atoms with Crippen molar-refractivity contribution in [2.75, 3.05) is 0 Å². The first-order valence-corrected chi connectivity index (χ1v) is 3.72. The number of halogens is 1. The Hall–Kier alpha value is -1.10. The van der Waals surface area contributed by atoms with Crippen molar-refractivity contribution < 1.29 is 19.8 Å². The summed E-state index contributed by atoms with van der Waals surface area (Å²) in [6.07, 6.45) is 0.833. The Bertz CT molecular complexity index is 207. The van der Waals surface area contributed by atoms with E-state index in [2.05, 4.69) is 22.5 Å². The van der Waals surface area contributed by atoms with Crippen LogP contribution in [0.25, 0.3) is 0 Å². The minimum atomic E-state index is -0.981. The molecule has 0 spiro atoms. The highest BCUT2D eigenvalue weighted by molar-refractivity contribution is 9.11. The van der Waals surface area contributed by atoms with Crippen LogP contribution in [0.2, 0.25) is 0 Å². The fourth-order valence-corrected chi connectivity index (χ4v) is 0.243. The molecule has 0 aromatic rings. The lowest BCUT2D eigenvalue weighted by Crippen LogP contribution is -1.93. The SMILES string of the molecule is C=CC(=O)O.CC(=CBr)C(=O)O. The lowest BCUT2D eigenvalue weighted by molar-refractivity contribution is -0.133. The summed E-state index contributed by atoms with van der Waals surface area (Å²) in [5, 5.41) is 15.7. The Morgan fingerprint density at radius 1 is 1.42 bits per heavy atom. The standard InChI is InChI=1S/C4H5BrO2.C3H4O2/c1-3(2-5)4(6)7;1-2-3(4)5/h2H,1H3,(H,6,7);2H,1H2,(H,4,5). The number of hydrogen-bond acceptors (Lipinski definition) is 2. The van der Waals surface area contributed by atoms with Crippen LogP contribution in [-0.2, 0) is 9.59 Å². The molecule has 0 saturated heterocycles. The third-order valence-corrected chi connectivity index (χ3v) is 1.36. The van der Waals surface area contributed by atoms with Crippen molar-refractivity contribution >= 4 is 27.9 Å². The van der Waals surface area contributed by atoms with E-state index in [1.54, 1.807) is 0 Å². The average Bonchev–Trinajstić information content (AvgIpc) is 2.04. The molecule has 0 saturated carbocycles. The van der Waals surface area contributed by atoms with Gasteiger partial charge in [-0.05, 0) is 11.9 Å². The molecule has 0 aromatic carbocycles. The van der Waals surface area contributed by atoms with Gasteiger partial charge in [0.15, 0.2) is 0 Å². The summed E-state index contributed by atoms with van der Waals surface area (Å²) >= 11 is 2.87. The summed E-state index contributed by atoms with van der Waals surface area (Å²) in [5.74, 6) is -1.87. The highest BCUT2D eigenvalue weighted by Crippen LogP contribution is 1.94. The van der Waals surface area contributed by atoms with Crippen molar-refractivity contribution in [3.8, 4) is 0 Å². The molecule has 68 valence electrons. The summed E-state index contributed by atoms with van der Waals surface area (Å²) in [6.45, 7) is 4.47. The maximum atomic E-state index is 9.83. The van der Waals surface area contributed by atoms with Gasteiger partial charge in [-0.15, -0.1) is 0 Å². The third-order valence-electron chi connectivity index (χ3n) is 0.676. The van der Waals surface area contributed by atoms with Crippen LogP contribution in [0.4, 0.5) is 0 Å².